The lowest BCUT2D eigenvalue weighted by atomic mass is 9.91. The van der Waals surface area contributed by atoms with E-state index < -0.39 is 18.6 Å². The van der Waals surface area contributed by atoms with Crippen LogP contribution in [-0.2, 0) is 11.2 Å². The smallest absolute Gasteiger partial charge is 0.296 e. The van der Waals surface area contributed by atoms with E-state index in [0.29, 0.717) is 5.82 Å². The van der Waals surface area contributed by atoms with Crippen LogP contribution in [-0.4, -0.2) is 22.3 Å². The summed E-state index contributed by atoms with van der Waals surface area (Å²) >= 11 is 0. The second-order valence-corrected chi connectivity index (χ2v) is 5.03. The summed E-state index contributed by atoms with van der Waals surface area (Å²) in [6.07, 6.45) is 4.51. The number of hydrogen-bond donors (Lipinski definition) is 0. The van der Waals surface area contributed by atoms with Gasteiger partial charge >= 0.3 is 0 Å². The normalized spacial score (nSPS) is 18.3. The third-order valence-corrected chi connectivity index (χ3v) is 3.52. The standard InChI is InChI=1S/C13H18F2N2O2/c14-12(15)10(18)8-11-16-13(17-19-11)9-6-4-2-1-3-5-7-9/h9,12H,1-8H2. The summed E-state index contributed by atoms with van der Waals surface area (Å²) in [7, 11) is 0. The van der Waals surface area contributed by atoms with Gasteiger partial charge in [0.15, 0.2) is 5.82 Å². The van der Waals surface area contributed by atoms with Gasteiger partial charge in [-0.3, -0.25) is 4.79 Å². The van der Waals surface area contributed by atoms with Crippen LogP contribution in [0.25, 0.3) is 0 Å². The molecule has 2 rings (SSSR count). The van der Waals surface area contributed by atoms with Crippen LogP contribution in [0.15, 0.2) is 4.52 Å². The molecule has 0 atom stereocenters. The minimum atomic E-state index is -2.98. The number of aromatic nitrogens is 2. The Kier molecular flexibility index (Phi) is 4.99. The Morgan fingerprint density at radius 2 is 1.84 bits per heavy atom. The lowest BCUT2D eigenvalue weighted by Crippen LogP contribution is -2.13. The molecule has 19 heavy (non-hydrogen) atoms. The maximum absolute atomic E-state index is 12.1. The number of carbonyl (C=O) groups is 1. The summed E-state index contributed by atoms with van der Waals surface area (Å²) in [5.74, 6) is -0.367. The zero-order valence-corrected chi connectivity index (χ0v) is 10.8. The molecule has 0 spiro atoms. The Labute approximate surface area is 110 Å². The van der Waals surface area contributed by atoms with E-state index in [9.17, 15) is 13.6 Å². The molecule has 1 fully saturated rings. The number of hydrogen-bond acceptors (Lipinski definition) is 4. The summed E-state index contributed by atoms with van der Waals surface area (Å²) in [4.78, 5) is 15.0. The first-order valence-corrected chi connectivity index (χ1v) is 6.80. The molecule has 0 aromatic carbocycles. The van der Waals surface area contributed by atoms with Crippen LogP contribution >= 0.6 is 0 Å². The largest absolute Gasteiger partial charge is 0.339 e. The zero-order valence-electron chi connectivity index (χ0n) is 10.8. The minimum absolute atomic E-state index is 0.00218. The molecule has 1 aromatic heterocycles. The minimum Gasteiger partial charge on any atom is -0.339 e. The van der Waals surface area contributed by atoms with Crippen molar-refractivity contribution >= 4 is 5.78 Å². The number of carbonyl (C=O) groups excluding carboxylic acids is 1. The van der Waals surface area contributed by atoms with E-state index >= 15 is 0 Å². The number of ketones is 1. The van der Waals surface area contributed by atoms with E-state index in [2.05, 4.69) is 10.1 Å². The summed E-state index contributed by atoms with van der Waals surface area (Å²) in [6, 6.07) is 0. The predicted octanol–water partition coefficient (Wildman–Crippen LogP) is 3.27. The molecule has 1 aliphatic carbocycles. The van der Waals surface area contributed by atoms with E-state index in [1.54, 1.807) is 0 Å². The Hall–Kier alpha value is -1.33. The first-order chi connectivity index (χ1) is 9.16. The van der Waals surface area contributed by atoms with Crippen LogP contribution in [0.1, 0.15) is 62.6 Å². The Morgan fingerprint density at radius 3 is 2.47 bits per heavy atom. The fraction of sp³-hybridized carbons (Fsp3) is 0.769. The van der Waals surface area contributed by atoms with Crippen molar-refractivity contribution in [1.29, 1.82) is 0 Å². The van der Waals surface area contributed by atoms with Crippen LogP contribution in [0, 0.1) is 0 Å². The van der Waals surface area contributed by atoms with Gasteiger partial charge in [-0.2, -0.15) is 4.98 Å². The van der Waals surface area contributed by atoms with Crippen molar-refractivity contribution in [1.82, 2.24) is 10.1 Å². The van der Waals surface area contributed by atoms with Gasteiger partial charge in [-0.1, -0.05) is 37.3 Å². The molecule has 0 bridgehead atoms. The van der Waals surface area contributed by atoms with E-state index in [1.165, 1.54) is 19.3 Å². The number of nitrogens with zero attached hydrogens (tertiary/aromatic N) is 2. The first-order valence-electron chi connectivity index (χ1n) is 6.80. The Morgan fingerprint density at radius 1 is 1.21 bits per heavy atom. The molecular formula is C13H18F2N2O2. The number of Topliss-reactive ketones (excluding diaryl/α,β-unsaturated/α-hetero) is 1. The fourth-order valence-corrected chi connectivity index (χ4v) is 2.45. The van der Waals surface area contributed by atoms with Crippen LogP contribution in [0.2, 0.25) is 0 Å². The van der Waals surface area contributed by atoms with Crippen LogP contribution in [0.4, 0.5) is 8.78 Å². The molecule has 106 valence electrons. The zero-order chi connectivity index (χ0) is 13.7. The van der Waals surface area contributed by atoms with E-state index in [-0.39, 0.29) is 11.8 Å². The lowest BCUT2D eigenvalue weighted by Gasteiger charge is -2.15. The maximum Gasteiger partial charge on any atom is 0.296 e. The highest BCUT2D eigenvalue weighted by molar-refractivity contribution is 5.82. The van der Waals surface area contributed by atoms with Gasteiger partial charge < -0.3 is 4.52 Å². The third kappa shape index (κ3) is 4.08. The van der Waals surface area contributed by atoms with E-state index in [1.807, 2.05) is 0 Å². The molecule has 0 unspecified atom stereocenters. The number of halogens is 2. The molecule has 6 heteroatoms. The van der Waals surface area contributed by atoms with Gasteiger partial charge in [0.2, 0.25) is 11.7 Å². The average molecular weight is 272 g/mol. The summed E-state index contributed by atoms with van der Waals surface area (Å²) < 4.78 is 29.2. The van der Waals surface area contributed by atoms with Crippen LogP contribution < -0.4 is 0 Å². The van der Waals surface area contributed by atoms with Gasteiger partial charge in [0, 0.05) is 5.92 Å². The SMILES string of the molecule is O=C(Cc1nc(C2CCCCCCC2)no1)C(F)F. The van der Waals surface area contributed by atoms with Gasteiger partial charge in [0.05, 0.1) is 6.42 Å². The van der Waals surface area contributed by atoms with E-state index in [4.69, 9.17) is 4.52 Å². The summed E-state index contributed by atoms with van der Waals surface area (Å²) in [5.41, 5.74) is 0. The maximum atomic E-state index is 12.1. The average Bonchev–Trinajstić information content (AvgIpc) is 2.76. The highest BCUT2D eigenvalue weighted by Gasteiger charge is 2.22. The highest BCUT2D eigenvalue weighted by atomic mass is 19.3. The molecule has 0 radical (unpaired) electrons. The van der Waals surface area contributed by atoms with Gasteiger partial charge in [0.1, 0.15) is 0 Å². The molecule has 0 saturated heterocycles. The molecular weight excluding hydrogens is 254 g/mol. The third-order valence-electron chi connectivity index (χ3n) is 3.52. The molecule has 1 aromatic rings. The Bertz CT molecular complexity index is 413. The highest BCUT2D eigenvalue weighted by Crippen LogP contribution is 2.29. The van der Waals surface area contributed by atoms with Crippen molar-refractivity contribution in [3.05, 3.63) is 11.7 Å². The van der Waals surface area contributed by atoms with E-state index in [0.717, 1.165) is 25.7 Å². The predicted molar refractivity (Wildman–Crippen MR) is 64.1 cm³/mol. The van der Waals surface area contributed by atoms with Gasteiger partial charge in [-0.15, -0.1) is 0 Å². The molecule has 4 nitrogen and oxygen atoms in total. The van der Waals surface area contributed by atoms with Crippen molar-refractivity contribution in [3.63, 3.8) is 0 Å². The summed E-state index contributed by atoms with van der Waals surface area (Å²) in [6.45, 7) is 0. The Balaban J connectivity index is 1.96. The first kappa shape index (κ1) is 14.1. The monoisotopic (exact) mass is 272 g/mol. The molecule has 1 saturated carbocycles. The summed E-state index contributed by atoms with van der Waals surface area (Å²) in [5, 5.41) is 3.84. The molecule has 1 aliphatic rings. The molecule has 0 amide bonds. The number of alkyl halides is 2. The van der Waals surface area contributed by atoms with Crippen molar-refractivity contribution in [2.75, 3.05) is 0 Å². The quantitative estimate of drug-likeness (QED) is 0.844. The van der Waals surface area contributed by atoms with Crippen molar-refractivity contribution < 1.29 is 18.1 Å². The molecule has 0 N–H and O–H groups in total. The van der Waals surface area contributed by atoms with Crippen molar-refractivity contribution in [3.8, 4) is 0 Å². The van der Waals surface area contributed by atoms with Crippen LogP contribution in [0.3, 0.4) is 0 Å². The molecule has 1 heterocycles. The fourth-order valence-electron chi connectivity index (χ4n) is 2.45. The van der Waals surface area contributed by atoms with Gasteiger partial charge in [0.25, 0.3) is 6.43 Å². The lowest BCUT2D eigenvalue weighted by molar-refractivity contribution is -0.129. The number of rotatable bonds is 4. The van der Waals surface area contributed by atoms with Crippen LogP contribution in [0.5, 0.6) is 0 Å². The van der Waals surface area contributed by atoms with Crippen molar-refractivity contribution in [2.24, 2.45) is 0 Å². The molecule has 0 aliphatic heterocycles. The second-order valence-electron chi connectivity index (χ2n) is 5.03. The van der Waals surface area contributed by atoms with Crippen molar-refractivity contribution in [2.45, 2.75) is 63.7 Å². The second kappa shape index (κ2) is 6.73. The van der Waals surface area contributed by atoms with Gasteiger partial charge in [-0.05, 0) is 12.8 Å². The van der Waals surface area contributed by atoms with Gasteiger partial charge in [-0.25, -0.2) is 8.78 Å². The topological polar surface area (TPSA) is 56.0 Å².